The quantitative estimate of drug-likeness (QED) is 0.863. The maximum Gasteiger partial charge on any atom is 0.169 e. The van der Waals surface area contributed by atoms with Gasteiger partial charge in [-0.3, -0.25) is 4.79 Å². The molecule has 1 aliphatic rings. The molecule has 1 heterocycles. The number of nitrogens with zero attached hydrogens (tertiary/aromatic N) is 1. The predicted octanol–water partition coefficient (Wildman–Crippen LogP) is 2.38. The van der Waals surface area contributed by atoms with Crippen molar-refractivity contribution in [2.75, 3.05) is 19.6 Å². The van der Waals surface area contributed by atoms with Crippen molar-refractivity contribution in [1.82, 2.24) is 4.90 Å². The van der Waals surface area contributed by atoms with Crippen molar-refractivity contribution in [3.05, 3.63) is 35.4 Å². The largest absolute Gasteiger partial charge is 0.389 e. The SMILES string of the molecule is CC1(O)CCCN(CCC(=O)c2cccc(F)c2F)C1. The molecule has 20 heavy (non-hydrogen) atoms. The normalized spacial score (nSPS) is 23.8. The van der Waals surface area contributed by atoms with E-state index >= 15 is 0 Å². The number of piperidine rings is 1. The van der Waals surface area contributed by atoms with Gasteiger partial charge in [0.25, 0.3) is 0 Å². The summed E-state index contributed by atoms with van der Waals surface area (Å²) >= 11 is 0. The number of hydrogen-bond donors (Lipinski definition) is 1. The Labute approximate surface area is 117 Å². The number of rotatable bonds is 4. The molecule has 1 aliphatic heterocycles. The van der Waals surface area contributed by atoms with Crippen molar-refractivity contribution in [1.29, 1.82) is 0 Å². The van der Waals surface area contributed by atoms with Crippen LogP contribution in [0.2, 0.25) is 0 Å². The van der Waals surface area contributed by atoms with Gasteiger partial charge in [0, 0.05) is 19.5 Å². The van der Waals surface area contributed by atoms with Crippen LogP contribution in [0.15, 0.2) is 18.2 Å². The van der Waals surface area contributed by atoms with Crippen molar-refractivity contribution in [3.8, 4) is 0 Å². The maximum atomic E-state index is 13.5. The number of hydrogen-bond acceptors (Lipinski definition) is 3. The molecule has 3 nitrogen and oxygen atoms in total. The monoisotopic (exact) mass is 283 g/mol. The number of carbonyl (C=O) groups excluding carboxylic acids is 1. The number of likely N-dealkylation sites (tertiary alicyclic amines) is 1. The first-order valence-electron chi connectivity index (χ1n) is 6.81. The number of ketones is 1. The summed E-state index contributed by atoms with van der Waals surface area (Å²) in [6, 6.07) is 3.62. The molecular weight excluding hydrogens is 264 g/mol. The highest BCUT2D eigenvalue weighted by molar-refractivity contribution is 5.96. The molecule has 1 aromatic rings. The summed E-state index contributed by atoms with van der Waals surface area (Å²) in [6.07, 6.45) is 1.74. The number of β-amino-alcohol motifs (C(OH)–C–C–N with tert-alkyl or cyclic N) is 1. The molecule has 0 bridgehead atoms. The van der Waals surface area contributed by atoms with Crippen LogP contribution in [0, 0.1) is 11.6 Å². The highest BCUT2D eigenvalue weighted by Crippen LogP contribution is 2.21. The average Bonchev–Trinajstić information content (AvgIpc) is 2.38. The molecule has 1 N–H and O–H groups in total. The second-order valence-electron chi connectivity index (χ2n) is 5.65. The van der Waals surface area contributed by atoms with Crippen molar-refractivity contribution in [3.63, 3.8) is 0 Å². The second-order valence-corrected chi connectivity index (χ2v) is 5.65. The fraction of sp³-hybridized carbons (Fsp3) is 0.533. The Hall–Kier alpha value is -1.33. The molecule has 2 rings (SSSR count). The van der Waals surface area contributed by atoms with E-state index in [-0.39, 0.29) is 12.0 Å². The van der Waals surface area contributed by atoms with Gasteiger partial charge in [-0.2, -0.15) is 0 Å². The smallest absolute Gasteiger partial charge is 0.169 e. The molecule has 0 saturated carbocycles. The molecule has 1 aromatic carbocycles. The van der Waals surface area contributed by atoms with Crippen molar-refractivity contribution in [2.45, 2.75) is 31.8 Å². The lowest BCUT2D eigenvalue weighted by Gasteiger charge is -2.36. The van der Waals surface area contributed by atoms with Crippen LogP contribution in [0.5, 0.6) is 0 Å². The van der Waals surface area contributed by atoms with E-state index < -0.39 is 23.0 Å². The first-order valence-corrected chi connectivity index (χ1v) is 6.81. The number of benzene rings is 1. The van der Waals surface area contributed by atoms with E-state index in [4.69, 9.17) is 0 Å². The third-order valence-electron chi connectivity index (χ3n) is 3.66. The maximum absolute atomic E-state index is 13.5. The van der Waals surface area contributed by atoms with Crippen molar-refractivity contribution < 1.29 is 18.7 Å². The van der Waals surface area contributed by atoms with Gasteiger partial charge in [-0.05, 0) is 38.4 Å². The van der Waals surface area contributed by atoms with E-state index in [0.717, 1.165) is 25.5 Å². The Kier molecular flexibility index (Phi) is 4.50. The lowest BCUT2D eigenvalue weighted by atomic mass is 9.95. The second kappa shape index (κ2) is 5.97. The van der Waals surface area contributed by atoms with Gasteiger partial charge in [0.2, 0.25) is 0 Å². The van der Waals surface area contributed by atoms with Crippen LogP contribution in [0.3, 0.4) is 0 Å². The Morgan fingerprint density at radius 1 is 1.45 bits per heavy atom. The summed E-state index contributed by atoms with van der Waals surface area (Å²) in [5, 5.41) is 9.97. The lowest BCUT2D eigenvalue weighted by molar-refractivity contribution is -0.0153. The molecule has 1 unspecified atom stereocenters. The third kappa shape index (κ3) is 3.61. The number of carbonyl (C=O) groups is 1. The van der Waals surface area contributed by atoms with Crippen LogP contribution in [0.1, 0.15) is 36.5 Å². The van der Waals surface area contributed by atoms with Gasteiger partial charge >= 0.3 is 0 Å². The number of aliphatic hydroxyl groups is 1. The first kappa shape index (κ1) is 15.1. The molecular formula is C15H19F2NO2. The van der Waals surface area contributed by atoms with Gasteiger partial charge in [0.05, 0.1) is 11.2 Å². The van der Waals surface area contributed by atoms with Gasteiger partial charge in [0.1, 0.15) is 0 Å². The summed E-state index contributed by atoms with van der Waals surface area (Å²) in [6.45, 7) is 3.54. The molecule has 0 spiro atoms. The van der Waals surface area contributed by atoms with E-state index in [2.05, 4.69) is 0 Å². The Balaban J connectivity index is 1.94. The molecule has 5 heteroatoms. The Morgan fingerprint density at radius 2 is 2.20 bits per heavy atom. The molecule has 0 aromatic heterocycles. The Morgan fingerprint density at radius 3 is 2.90 bits per heavy atom. The van der Waals surface area contributed by atoms with Gasteiger partial charge in [-0.1, -0.05) is 6.07 Å². The topological polar surface area (TPSA) is 40.5 Å². The number of Topliss-reactive ketones (excluding diaryl/α,β-unsaturated/α-hetero) is 1. The molecule has 1 saturated heterocycles. The molecule has 1 atom stereocenters. The van der Waals surface area contributed by atoms with Crippen LogP contribution < -0.4 is 0 Å². The van der Waals surface area contributed by atoms with Crippen LogP contribution in [0.25, 0.3) is 0 Å². The van der Waals surface area contributed by atoms with E-state index in [0.29, 0.717) is 13.1 Å². The first-order chi connectivity index (χ1) is 9.39. The molecule has 0 radical (unpaired) electrons. The Bertz CT molecular complexity index is 503. The van der Waals surface area contributed by atoms with E-state index in [9.17, 15) is 18.7 Å². The number of halogens is 2. The van der Waals surface area contributed by atoms with Crippen molar-refractivity contribution >= 4 is 5.78 Å². The van der Waals surface area contributed by atoms with Crippen LogP contribution >= 0.6 is 0 Å². The summed E-state index contributed by atoms with van der Waals surface area (Å²) in [5.41, 5.74) is -0.931. The summed E-state index contributed by atoms with van der Waals surface area (Å²) in [7, 11) is 0. The van der Waals surface area contributed by atoms with Gasteiger partial charge in [-0.15, -0.1) is 0 Å². The minimum absolute atomic E-state index is 0.121. The fourth-order valence-electron chi connectivity index (χ4n) is 2.63. The summed E-state index contributed by atoms with van der Waals surface area (Å²) in [5.74, 6) is -2.49. The summed E-state index contributed by atoms with van der Waals surface area (Å²) < 4.78 is 26.6. The molecule has 110 valence electrons. The summed E-state index contributed by atoms with van der Waals surface area (Å²) in [4.78, 5) is 13.9. The van der Waals surface area contributed by atoms with E-state index in [1.54, 1.807) is 6.92 Å². The average molecular weight is 283 g/mol. The zero-order valence-corrected chi connectivity index (χ0v) is 11.5. The molecule has 0 aliphatic carbocycles. The third-order valence-corrected chi connectivity index (χ3v) is 3.66. The van der Waals surface area contributed by atoms with Gasteiger partial charge in [-0.25, -0.2) is 8.78 Å². The van der Waals surface area contributed by atoms with Crippen LogP contribution in [-0.2, 0) is 0 Å². The minimum atomic E-state index is -1.08. The van der Waals surface area contributed by atoms with E-state index in [1.165, 1.54) is 12.1 Å². The van der Waals surface area contributed by atoms with E-state index in [1.807, 2.05) is 4.90 Å². The van der Waals surface area contributed by atoms with Gasteiger partial charge in [0.15, 0.2) is 17.4 Å². The minimum Gasteiger partial charge on any atom is -0.389 e. The van der Waals surface area contributed by atoms with Crippen LogP contribution in [-0.4, -0.2) is 41.0 Å². The fourth-order valence-corrected chi connectivity index (χ4v) is 2.63. The zero-order valence-electron chi connectivity index (χ0n) is 11.5. The zero-order chi connectivity index (χ0) is 14.8. The highest BCUT2D eigenvalue weighted by Gasteiger charge is 2.28. The van der Waals surface area contributed by atoms with Crippen molar-refractivity contribution in [2.24, 2.45) is 0 Å². The van der Waals surface area contributed by atoms with Crippen LogP contribution in [0.4, 0.5) is 8.78 Å². The molecule has 1 fully saturated rings. The lowest BCUT2D eigenvalue weighted by Crippen LogP contribution is -2.46. The standard InChI is InChI=1S/C15H19F2NO2/c1-15(20)7-3-8-18(10-15)9-6-13(19)11-4-2-5-12(16)14(11)17/h2,4-5,20H,3,6-10H2,1H3. The highest BCUT2D eigenvalue weighted by atomic mass is 19.2. The predicted molar refractivity (Wildman–Crippen MR) is 71.6 cm³/mol. The van der Waals surface area contributed by atoms with Gasteiger partial charge < -0.3 is 10.0 Å². The molecule has 0 amide bonds.